The summed E-state index contributed by atoms with van der Waals surface area (Å²) in [4.78, 5) is 4.86. The van der Waals surface area contributed by atoms with Gasteiger partial charge in [-0.3, -0.25) is 4.90 Å². The van der Waals surface area contributed by atoms with E-state index in [9.17, 15) is 0 Å². The lowest BCUT2D eigenvalue weighted by molar-refractivity contribution is 0.0740. The molecule has 1 aromatic carbocycles. The molecule has 0 saturated carbocycles. The van der Waals surface area contributed by atoms with Crippen molar-refractivity contribution in [1.29, 1.82) is 0 Å². The molecule has 5 heteroatoms. The van der Waals surface area contributed by atoms with Crippen LogP contribution >= 0.6 is 0 Å². The molecule has 1 aliphatic heterocycles. The summed E-state index contributed by atoms with van der Waals surface area (Å²) in [5.41, 5.74) is 7.27. The smallest absolute Gasteiger partial charge is 0.161 e. The molecule has 1 aromatic rings. The van der Waals surface area contributed by atoms with Crippen LogP contribution in [0.3, 0.4) is 0 Å². The zero-order chi connectivity index (χ0) is 16.1. The minimum Gasteiger partial charge on any atom is -0.493 e. The van der Waals surface area contributed by atoms with Gasteiger partial charge in [0.25, 0.3) is 0 Å². The molecule has 5 nitrogen and oxygen atoms in total. The molecule has 1 fully saturated rings. The minimum absolute atomic E-state index is 0.223. The zero-order valence-corrected chi connectivity index (χ0v) is 14.2. The fourth-order valence-electron chi connectivity index (χ4n) is 3.02. The predicted octanol–water partition coefficient (Wildman–Crippen LogP) is 1.73. The van der Waals surface area contributed by atoms with Crippen molar-refractivity contribution in [3.8, 4) is 11.5 Å². The lowest BCUT2D eigenvalue weighted by Gasteiger charge is -2.41. The van der Waals surface area contributed by atoms with Crippen LogP contribution in [0, 0.1) is 0 Å². The average molecular weight is 307 g/mol. The maximum absolute atomic E-state index is 6.08. The highest BCUT2D eigenvalue weighted by Gasteiger charge is 2.27. The van der Waals surface area contributed by atoms with E-state index in [1.54, 1.807) is 7.11 Å². The third kappa shape index (κ3) is 3.72. The Bertz CT molecular complexity index is 481. The molecule has 22 heavy (non-hydrogen) atoms. The van der Waals surface area contributed by atoms with Crippen molar-refractivity contribution < 1.29 is 9.47 Å². The molecule has 0 amide bonds. The molecular weight excluding hydrogens is 278 g/mol. The molecule has 0 aliphatic carbocycles. The summed E-state index contributed by atoms with van der Waals surface area (Å²) in [5, 5.41) is 0. The van der Waals surface area contributed by atoms with Crippen molar-refractivity contribution >= 4 is 0 Å². The monoisotopic (exact) mass is 307 g/mol. The van der Waals surface area contributed by atoms with Gasteiger partial charge in [-0.05, 0) is 38.6 Å². The third-order valence-corrected chi connectivity index (χ3v) is 4.53. The van der Waals surface area contributed by atoms with Gasteiger partial charge in [0.05, 0.1) is 13.7 Å². The highest BCUT2D eigenvalue weighted by Crippen LogP contribution is 2.32. The van der Waals surface area contributed by atoms with Gasteiger partial charge in [-0.1, -0.05) is 6.07 Å². The number of nitrogens with two attached hydrogens (primary N) is 1. The van der Waals surface area contributed by atoms with Gasteiger partial charge < -0.3 is 20.1 Å². The minimum atomic E-state index is 0.223. The van der Waals surface area contributed by atoms with Crippen LogP contribution < -0.4 is 15.2 Å². The molecule has 2 unspecified atom stereocenters. The van der Waals surface area contributed by atoms with Crippen molar-refractivity contribution in [2.24, 2.45) is 5.73 Å². The number of ether oxygens (including phenoxy) is 2. The van der Waals surface area contributed by atoms with E-state index < -0.39 is 0 Å². The van der Waals surface area contributed by atoms with Crippen molar-refractivity contribution in [2.45, 2.75) is 25.9 Å². The third-order valence-electron chi connectivity index (χ3n) is 4.53. The van der Waals surface area contributed by atoms with Crippen LogP contribution in [0.2, 0.25) is 0 Å². The summed E-state index contributed by atoms with van der Waals surface area (Å²) >= 11 is 0. The van der Waals surface area contributed by atoms with Crippen LogP contribution in [0.5, 0.6) is 11.5 Å². The van der Waals surface area contributed by atoms with Gasteiger partial charge in [-0.25, -0.2) is 0 Å². The van der Waals surface area contributed by atoms with E-state index in [2.05, 4.69) is 35.9 Å². The van der Waals surface area contributed by atoms with Crippen molar-refractivity contribution in [3.05, 3.63) is 23.8 Å². The first-order chi connectivity index (χ1) is 10.6. The summed E-state index contributed by atoms with van der Waals surface area (Å²) in [6.07, 6.45) is 0. The molecule has 2 N–H and O–H groups in total. The summed E-state index contributed by atoms with van der Waals surface area (Å²) < 4.78 is 11.1. The summed E-state index contributed by atoms with van der Waals surface area (Å²) in [6.45, 7) is 8.62. The Morgan fingerprint density at radius 1 is 1.32 bits per heavy atom. The molecule has 0 bridgehead atoms. The number of likely N-dealkylation sites (N-methyl/N-ethyl adjacent to an activating group) is 1. The Kier molecular flexibility index (Phi) is 6.06. The second kappa shape index (κ2) is 7.81. The van der Waals surface area contributed by atoms with E-state index in [1.807, 2.05) is 13.0 Å². The van der Waals surface area contributed by atoms with Crippen LogP contribution in [0.1, 0.15) is 25.5 Å². The lowest BCUT2D eigenvalue weighted by Crippen LogP contribution is -2.52. The van der Waals surface area contributed by atoms with Gasteiger partial charge in [0.1, 0.15) is 0 Å². The Balaban J connectivity index is 2.20. The van der Waals surface area contributed by atoms with E-state index in [0.29, 0.717) is 19.2 Å². The van der Waals surface area contributed by atoms with Gasteiger partial charge in [0.15, 0.2) is 11.5 Å². The highest BCUT2D eigenvalue weighted by molar-refractivity contribution is 5.44. The lowest BCUT2D eigenvalue weighted by atomic mass is 10.0. The number of benzene rings is 1. The number of rotatable bonds is 6. The molecular formula is C17H29N3O2. The van der Waals surface area contributed by atoms with Crippen molar-refractivity contribution in [2.75, 3.05) is 46.9 Å². The molecule has 2 rings (SSSR count). The molecule has 124 valence electrons. The SMILES string of the molecule is CCOc1ccc(C(CN)N2CCN(C)C(C)C2)cc1OC. The number of nitrogens with zero attached hydrogens (tertiary/aromatic N) is 2. The maximum atomic E-state index is 6.08. The molecule has 1 saturated heterocycles. The van der Waals surface area contributed by atoms with Crippen molar-refractivity contribution in [3.63, 3.8) is 0 Å². The van der Waals surface area contributed by atoms with Gasteiger partial charge >= 0.3 is 0 Å². The van der Waals surface area contributed by atoms with E-state index in [1.165, 1.54) is 5.56 Å². The molecule has 1 aliphatic rings. The first-order valence-electron chi connectivity index (χ1n) is 8.05. The summed E-state index contributed by atoms with van der Waals surface area (Å²) in [5.74, 6) is 1.57. The Morgan fingerprint density at radius 2 is 2.09 bits per heavy atom. The molecule has 0 radical (unpaired) electrons. The van der Waals surface area contributed by atoms with E-state index in [-0.39, 0.29) is 6.04 Å². The van der Waals surface area contributed by atoms with E-state index >= 15 is 0 Å². The first-order valence-corrected chi connectivity index (χ1v) is 8.05. The standard InChI is InChI=1S/C17H29N3O2/c1-5-22-16-7-6-14(10-17(16)21-4)15(11-18)20-9-8-19(3)13(2)12-20/h6-7,10,13,15H,5,8-9,11-12,18H2,1-4H3. The van der Waals surface area contributed by atoms with E-state index in [4.69, 9.17) is 15.2 Å². The summed E-state index contributed by atoms with van der Waals surface area (Å²) in [6, 6.07) is 6.92. The molecule has 2 atom stereocenters. The second-order valence-corrected chi connectivity index (χ2v) is 5.92. The quantitative estimate of drug-likeness (QED) is 0.867. The first kappa shape index (κ1) is 17.1. The molecule has 0 spiro atoms. The van der Waals surface area contributed by atoms with Crippen molar-refractivity contribution in [1.82, 2.24) is 9.80 Å². The van der Waals surface area contributed by atoms with Gasteiger partial charge in [0.2, 0.25) is 0 Å². The Labute approximate surface area is 134 Å². The van der Waals surface area contributed by atoms with E-state index in [0.717, 1.165) is 31.1 Å². The highest BCUT2D eigenvalue weighted by atomic mass is 16.5. The van der Waals surface area contributed by atoms with Crippen LogP contribution in [0.15, 0.2) is 18.2 Å². The number of piperazine rings is 1. The van der Waals surface area contributed by atoms with Gasteiger partial charge in [-0.15, -0.1) is 0 Å². The topological polar surface area (TPSA) is 51.0 Å². The van der Waals surface area contributed by atoms with Crippen LogP contribution in [-0.2, 0) is 0 Å². The fourth-order valence-corrected chi connectivity index (χ4v) is 3.02. The maximum Gasteiger partial charge on any atom is 0.161 e. The number of hydrogen-bond donors (Lipinski definition) is 1. The largest absolute Gasteiger partial charge is 0.493 e. The average Bonchev–Trinajstić information content (AvgIpc) is 2.53. The van der Waals surface area contributed by atoms with Crippen LogP contribution in [0.25, 0.3) is 0 Å². The normalized spacial score (nSPS) is 21.6. The summed E-state index contributed by atoms with van der Waals surface area (Å²) in [7, 11) is 3.86. The molecule has 0 aromatic heterocycles. The Morgan fingerprint density at radius 3 is 2.68 bits per heavy atom. The van der Waals surface area contributed by atoms with Gasteiger partial charge in [-0.2, -0.15) is 0 Å². The zero-order valence-electron chi connectivity index (χ0n) is 14.2. The number of methoxy groups -OCH3 is 1. The predicted molar refractivity (Wildman–Crippen MR) is 89.6 cm³/mol. The van der Waals surface area contributed by atoms with Crippen LogP contribution in [0.4, 0.5) is 0 Å². The number of hydrogen-bond acceptors (Lipinski definition) is 5. The van der Waals surface area contributed by atoms with Crippen LogP contribution in [-0.4, -0.2) is 62.8 Å². The Hall–Kier alpha value is -1.30. The fraction of sp³-hybridized carbons (Fsp3) is 0.647. The second-order valence-electron chi connectivity index (χ2n) is 5.92. The molecule has 1 heterocycles. The van der Waals surface area contributed by atoms with Gasteiger partial charge in [0, 0.05) is 38.3 Å².